The highest BCUT2D eigenvalue weighted by Gasteiger charge is 2.39. The van der Waals surface area contributed by atoms with Crippen LogP contribution in [-0.2, 0) is 9.59 Å². The molecule has 32 heavy (non-hydrogen) atoms. The van der Waals surface area contributed by atoms with Crippen LogP contribution < -0.4 is 5.32 Å². The molecule has 1 atom stereocenters. The minimum absolute atomic E-state index is 0.151. The molecule has 7 nitrogen and oxygen atoms in total. The van der Waals surface area contributed by atoms with E-state index < -0.39 is 23.4 Å². The number of benzene rings is 2. The third-order valence-electron chi connectivity index (χ3n) is 6.02. The fourth-order valence-electron chi connectivity index (χ4n) is 4.36. The van der Waals surface area contributed by atoms with Crippen LogP contribution in [0, 0.1) is 5.82 Å². The summed E-state index contributed by atoms with van der Waals surface area (Å²) in [5, 5.41) is 6.85. The molecule has 0 radical (unpaired) electrons. The van der Waals surface area contributed by atoms with Gasteiger partial charge in [-0.25, -0.2) is 4.39 Å². The Bertz CT molecular complexity index is 1180. The number of aromatic nitrogens is 2. The topological polar surface area (TPSA) is 88.3 Å². The lowest BCUT2D eigenvalue weighted by molar-refractivity contribution is -0.145. The third kappa shape index (κ3) is 3.68. The molecule has 0 aliphatic carbocycles. The first-order chi connectivity index (χ1) is 15.6. The van der Waals surface area contributed by atoms with E-state index in [2.05, 4.69) is 21.5 Å². The fraction of sp³-hybridized carbons (Fsp3) is 0.250. The fourth-order valence-corrected chi connectivity index (χ4v) is 4.36. The predicted octanol–water partition coefficient (Wildman–Crippen LogP) is 3.66. The second-order valence-corrected chi connectivity index (χ2v) is 7.94. The Hall–Kier alpha value is -3.81. The number of ketones is 1. The van der Waals surface area contributed by atoms with Crippen LogP contribution in [0.25, 0.3) is 17.5 Å². The lowest BCUT2D eigenvalue weighted by Gasteiger charge is -2.28. The summed E-state index contributed by atoms with van der Waals surface area (Å²) < 4.78 is 19.5. The smallest absolute Gasteiger partial charge is 0.290 e. The number of nitrogens with zero attached hydrogens (tertiary/aromatic N) is 3. The second-order valence-electron chi connectivity index (χ2n) is 7.94. The van der Waals surface area contributed by atoms with E-state index in [0.29, 0.717) is 43.0 Å². The SMILES string of the molecule is O=C(C(=O)N1CCC(=Cc2ccccc2)CC1)C1CNc2c(-c3ncon3)ccc(F)c21. The molecule has 3 heterocycles. The maximum absolute atomic E-state index is 14.7. The first-order valence-electron chi connectivity index (χ1n) is 10.5. The number of nitrogens with one attached hydrogen (secondary N) is 1. The zero-order chi connectivity index (χ0) is 22.1. The van der Waals surface area contributed by atoms with Crippen molar-refractivity contribution in [2.45, 2.75) is 18.8 Å². The molecule has 1 amide bonds. The van der Waals surface area contributed by atoms with E-state index in [0.717, 1.165) is 5.56 Å². The van der Waals surface area contributed by atoms with Crippen molar-refractivity contribution in [3.05, 3.63) is 71.4 Å². The van der Waals surface area contributed by atoms with Gasteiger partial charge in [-0.1, -0.05) is 47.1 Å². The van der Waals surface area contributed by atoms with E-state index >= 15 is 0 Å². The van der Waals surface area contributed by atoms with Gasteiger partial charge in [0.15, 0.2) is 0 Å². The highest BCUT2D eigenvalue weighted by Crippen LogP contribution is 2.40. The van der Waals surface area contributed by atoms with Crippen LogP contribution in [0.1, 0.15) is 29.9 Å². The Balaban J connectivity index is 1.31. The highest BCUT2D eigenvalue weighted by molar-refractivity contribution is 6.38. The van der Waals surface area contributed by atoms with Gasteiger partial charge in [0.05, 0.1) is 11.6 Å². The highest BCUT2D eigenvalue weighted by atomic mass is 19.1. The van der Waals surface area contributed by atoms with Crippen molar-refractivity contribution in [3.63, 3.8) is 0 Å². The second kappa shape index (κ2) is 8.37. The maximum atomic E-state index is 14.7. The Morgan fingerprint density at radius 1 is 1.12 bits per heavy atom. The average molecular weight is 432 g/mol. The van der Waals surface area contributed by atoms with Crippen molar-refractivity contribution in [1.82, 2.24) is 15.0 Å². The quantitative estimate of drug-likeness (QED) is 0.633. The molecule has 1 fully saturated rings. The third-order valence-corrected chi connectivity index (χ3v) is 6.02. The Morgan fingerprint density at radius 2 is 1.91 bits per heavy atom. The van der Waals surface area contributed by atoms with E-state index in [-0.39, 0.29) is 12.1 Å². The molecule has 8 heteroatoms. The van der Waals surface area contributed by atoms with E-state index in [4.69, 9.17) is 4.52 Å². The Morgan fingerprint density at radius 3 is 2.62 bits per heavy atom. The molecule has 1 N–H and O–H groups in total. The number of likely N-dealkylation sites (tertiary alicyclic amines) is 1. The van der Waals surface area contributed by atoms with Crippen LogP contribution in [0.5, 0.6) is 0 Å². The molecule has 2 aliphatic heterocycles. The first-order valence-corrected chi connectivity index (χ1v) is 10.5. The number of hydrogen-bond acceptors (Lipinski definition) is 6. The summed E-state index contributed by atoms with van der Waals surface area (Å²) in [6.45, 7) is 1.10. The molecule has 2 aliphatic rings. The van der Waals surface area contributed by atoms with E-state index in [1.807, 2.05) is 30.3 Å². The number of hydrogen-bond donors (Lipinski definition) is 1. The number of halogens is 1. The molecule has 0 bridgehead atoms. The minimum atomic E-state index is -0.884. The maximum Gasteiger partial charge on any atom is 0.290 e. The number of amides is 1. The van der Waals surface area contributed by atoms with E-state index in [9.17, 15) is 14.0 Å². The van der Waals surface area contributed by atoms with Crippen molar-refractivity contribution in [2.75, 3.05) is 25.0 Å². The number of anilines is 1. The van der Waals surface area contributed by atoms with Gasteiger partial charge in [0.2, 0.25) is 18.0 Å². The molecule has 162 valence electrons. The molecule has 1 aromatic heterocycles. The lowest BCUT2D eigenvalue weighted by atomic mass is 9.93. The average Bonchev–Trinajstić information content (AvgIpc) is 3.51. The van der Waals surface area contributed by atoms with Gasteiger partial charge in [0, 0.05) is 30.8 Å². The molecule has 0 saturated carbocycles. The molecule has 0 spiro atoms. The standard InChI is InChI=1S/C24H21FN4O3/c25-19-7-6-17(23-27-14-32-28-23)21-20(19)18(13-26-21)22(30)24(31)29-10-8-16(9-11-29)12-15-4-2-1-3-5-15/h1-7,12,14,18,26H,8-11,13H2. The van der Waals surface area contributed by atoms with Crippen LogP contribution in [-0.4, -0.2) is 46.4 Å². The summed E-state index contributed by atoms with van der Waals surface area (Å²) in [6, 6.07) is 12.8. The van der Waals surface area contributed by atoms with Gasteiger partial charge in [-0.05, 0) is 30.5 Å². The molecule has 2 aromatic carbocycles. The van der Waals surface area contributed by atoms with Crippen LogP contribution in [0.15, 0.2) is 59.0 Å². The van der Waals surface area contributed by atoms with Gasteiger partial charge in [-0.2, -0.15) is 4.98 Å². The Labute approximate surface area is 183 Å². The van der Waals surface area contributed by atoms with E-state index in [1.165, 1.54) is 24.1 Å². The normalized spacial score (nSPS) is 17.6. The molecule has 1 saturated heterocycles. The summed E-state index contributed by atoms with van der Waals surface area (Å²) >= 11 is 0. The van der Waals surface area contributed by atoms with Crippen molar-refractivity contribution >= 4 is 23.5 Å². The van der Waals surface area contributed by atoms with Crippen LogP contribution in [0.2, 0.25) is 0 Å². The van der Waals surface area contributed by atoms with Crippen LogP contribution in [0.3, 0.4) is 0 Å². The van der Waals surface area contributed by atoms with Crippen molar-refractivity contribution in [1.29, 1.82) is 0 Å². The zero-order valence-electron chi connectivity index (χ0n) is 17.3. The summed E-state index contributed by atoms with van der Waals surface area (Å²) in [4.78, 5) is 31.6. The number of carbonyl (C=O) groups excluding carboxylic acids is 2. The first kappa shape index (κ1) is 20.1. The molecular formula is C24H21FN4O3. The molecule has 3 aromatic rings. The number of carbonyl (C=O) groups is 2. The largest absolute Gasteiger partial charge is 0.383 e. The van der Waals surface area contributed by atoms with Crippen molar-refractivity contribution in [3.8, 4) is 11.4 Å². The van der Waals surface area contributed by atoms with Crippen LogP contribution in [0.4, 0.5) is 10.1 Å². The van der Waals surface area contributed by atoms with E-state index in [1.54, 1.807) is 4.90 Å². The van der Waals surface area contributed by atoms with Gasteiger partial charge >= 0.3 is 0 Å². The van der Waals surface area contributed by atoms with Gasteiger partial charge in [0.25, 0.3) is 5.91 Å². The summed E-state index contributed by atoms with van der Waals surface area (Å²) in [7, 11) is 0. The predicted molar refractivity (Wildman–Crippen MR) is 116 cm³/mol. The summed E-state index contributed by atoms with van der Waals surface area (Å²) in [6.07, 6.45) is 4.74. The minimum Gasteiger partial charge on any atom is -0.383 e. The number of rotatable bonds is 4. The molecule has 1 unspecified atom stereocenters. The number of fused-ring (bicyclic) bond motifs is 1. The monoisotopic (exact) mass is 432 g/mol. The van der Waals surface area contributed by atoms with Crippen LogP contribution >= 0.6 is 0 Å². The van der Waals surface area contributed by atoms with Gasteiger partial charge < -0.3 is 14.7 Å². The molecular weight excluding hydrogens is 411 g/mol. The van der Waals surface area contributed by atoms with Gasteiger partial charge in [0.1, 0.15) is 5.82 Å². The lowest BCUT2D eigenvalue weighted by Crippen LogP contribution is -2.42. The number of piperidine rings is 1. The Kier molecular flexibility index (Phi) is 5.26. The summed E-state index contributed by atoms with van der Waals surface area (Å²) in [5.41, 5.74) is 3.53. The zero-order valence-corrected chi connectivity index (χ0v) is 17.3. The van der Waals surface area contributed by atoms with Crippen molar-refractivity contribution < 1.29 is 18.5 Å². The molecule has 5 rings (SSSR count). The number of Topliss-reactive ketones (excluding diaryl/α,β-unsaturated/α-hetero) is 1. The van der Waals surface area contributed by atoms with Crippen molar-refractivity contribution in [2.24, 2.45) is 0 Å². The van der Waals surface area contributed by atoms with Gasteiger partial charge in [-0.3, -0.25) is 9.59 Å². The van der Waals surface area contributed by atoms with Gasteiger partial charge in [-0.15, -0.1) is 0 Å². The summed E-state index contributed by atoms with van der Waals surface area (Å²) in [5.74, 6) is -2.29.